The van der Waals surface area contributed by atoms with E-state index in [9.17, 15) is 4.39 Å². The lowest BCUT2D eigenvalue weighted by Crippen LogP contribution is -2.44. The van der Waals surface area contributed by atoms with E-state index >= 15 is 0 Å². The maximum atomic E-state index is 14.0. The average Bonchev–Trinajstić information content (AvgIpc) is 3.14. The van der Waals surface area contributed by atoms with E-state index in [1.54, 1.807) is 6.07 Å². The summed E-state index contributed by atoms with van der Waals surface area (Å²) < 4.78 is 15.9. The van der Waals surface area contributed by atoms with Crippen LogP contribution in [0.3, 0.4) is 0 Å². The lowest BCUT2D eigenvalue weighted by atomic mass is 9.79. The van der Waals surface area contributed by atoms with Gasteiger partial charge in [0.1, 0.15) is 5.82 Å². The third kappa shape index (κ3) is 4.65. The lowest BCUT2D eigenvalue weighted by Gasteiger charge is -2.40. The third-order valence-electron chi connectivity index (χ3n) is 5.75. The summed E-state index contributed by atoms with van der Waals surface area (Å²) >= 11 is 0. The topological polar surface area (TPSA) is 33.1 Å². The van der Waals surface area contributed by atoms with Crippen LogP contribution in [-0.4, -0.2) is 40.9 Å². The monoisotopic (exact) mass is 414 g/mol. The molecule has 0 bridgehead atoms. The SMILES string of the molecule is Cc1cc(C)n(-c2ccc(F)cc2CN2CCCC3(CCNC3)C2)n1.Cl.Cl. The Balaban J connectivity index is 0.00000131. The zero-order valence-corrected chi connectivity index (χ0v) is 17.6. The molecule has 150 valence electrons. The molecule has 3 heterocycles. The first-order valence-electron chi connectivity index (χ1n) is 9.30. The fraction of sp³-hybridized carbons (Fsp3) is 0.550. The summed E-state index contributed by atoms with van der Waals surface area (Å²) in [6, 6.07) is 7.14. The van der Waals surface area contributed by atoms with Crippen LogP contribution >= 0.6 is 24.8 Å². The molecule has 0 amide bonds. The minimum Gasteiger partial charge on any atom is -0.316 e. The third-order valence-corrected chi connectivity index (χ3v) is 5.75. The number of piperidine rings is 1. The average molecular weight is 415 g/mol. The highest BCUT2D eigenvalue weighted by Crippen LogP contribution is 2.36. The molecule has 27 heavy (non-hydrogen) atoms. The smallest absolute Gasteiger partial charge is 0.123 e. The largest absolute Gasteiger partial charge is 0.316 e. The van der Waals surface area contributed by atoms with E-state index in [4.69, 9.17) is 0 Å². The van der Waals surface area contributed by atoms with Crippen LogP contribution in [0.2, 0.25) is 0 Å². The van der Waals surface area contributed by atoms with Gasteiger partial charge in [-0.15, -0.1) is 24.8 Å². The minimum absolute atomic E-state index is 0. The molecular formula is C20H29Cl2FN4. The zero-order chi connectivity index (χ0) is 17.4. The van der Waals surface area contributed by atoms with E-state index < -0.39 is 0 Å². The second kappa shape index (κ2) is 8.91. The zero-order valence-electron chi connectivity index (χ0n) is 16.0. The predicted molar refractivity (Wildman–Crippen MR) is 112 cm³/mol. The van der Waals surface area contributed by atoms with E-state index in [0.29, 0.717) is 5.41 Å². The van der Waals surface area contributed by atoms with Gasteiger partial charge in [-0.05, 0) is 81.4 Å². The molecule has 1 N–H and O–H groups in total. The van der Waals surface area contributed by atoms with Crippen LogP contribution in [-0.2, 0) is 6.54 Å². The van der Waals surface area contributed by atoms with Crippen molar-refractivity contribution in [3.05, 3.63) is 47.0 Å². The maximum absolute atomic E-state index is 14.0. The van der Waals surface area contributed by atoms with Gasteiger partial charge >= 0.3 is 0 Å². The molecule has 1 unspecified atom stereocenters. The molecule has 1 aromatic heterocycles. The Morgan fingerprint density at radius 2 is 2.00 bits per heavy atom. The van der Waals surface area contributed by atoms with Crippen molar-refractivity contribution >= 4 is 24.8 Å². The summed E-state index contributed by atoms with van der Waals surface area (Å²) in [6.45, 7) is 9.28. The Morgan fingerprint density at radius 3 is 2.67 bits per heavy atom. The lowest BCUT2D eigenvalue weighted by molar-refractivity contribution is 0.0977. The first-order chi connectivity index (χ1) is 12.0. The summed E-state index contributed by atoms with van der Waals surface area (Å²) in [7, 11) is 0. The van der Waals surface area contributed by atoms with Crippen molar-refractivity contribution in [2.75, 3.05) is 26.2 Å². The highest BCUT2D eigenvalue weighted by molar-refractivity contribution is 5.85. The van der Waals surface area contributed by atoms with Crippen LogP contribution < -0.4 is 5.32 Å². The van der Waals surface area contributed by atoms with Crippen molar-refractivity contribution in [1.29, 1.82) is 0 Å². The van der Waals surface area contributed by atoms with Crippen molar-refractivity contribution in [2.45, 2.75) is 39.7 Å². The number of likely N-dealkylation sites (tertiary alicyclic amines) is 1. The Morgan fingerprint density at radius 1 is 1.19 bits per heavy atom. The number of hydrogen-bond donors (Lipinski definition) is 1. The van der Waals surface area contributed by atoms with E-state index in [-0.39, 0.29) is 30.6 Å². The number of benzene rings is 1. The van der Waals surface area contributed by atoms with Crippen LogP contribution in [0.1, 0.15) is 36.2 Å². The molecule has 0 saturated carbocycles. The Kier molecular flexibility index (Phi) is 7.31. The minimum atomic E-state index is -0.172. The van der Waals surface area contributed by atoms with Gasteiger partial charge in [-0.25, -0.2) is 9.07 Å². The van der Waals surface area contributed by atoms with Crippen molar-refractivity contribution < 1.29 is 4.39 Å². The van der Waals surface area contributed by atoms with Crippen LogP contribution in [0, 0.1) is 25.1 Å². The number of halogens is 3. The van der Waals surface area contributed by atoms with Gasteiger partial charge in [-0.1, -0.05) is 0 Å². The molecule has 1 spiro atoms. The fourth-order valence-electron chi connectivity index (χ4n) is 4.59. The van der Waals surface area contributed by atoms with Gasteiger partial charge in [-0.2, -0.15) is 5.10 Å². The van der Waals surface area contributed by atoms with Gasteiger partial charge in [0.2, 0.25) is 0 Å². The standard InChI is InChI=1S/C20H27FN4.2ClH/c1-15-10-16(2)25(23-15)19-5-4-18(21)11-17(19)12-24-9-3-6-20(14-24)7-8-22-13-20;;/h4-5,10-11,22H,3,6-9,12-14H2,1-2H3;2*1H. The molecule has 7 heteroatoms. The summed E-state index contributed by atoms with van der Waals surface area (Å²) in [5, 5.41) is 8.12. The second-order valence-corrected chi connectivity index (χ2v) is 7.85. The van der Waals surface area contributed by atoms with Crippen molar-refractivity contribution in [3.8, 4) is 5.69 Å². The maximum Gasteiger partial charge on any atom is 0.123 e. The molecule has 4 rings (SSSR count). The Labute approximate surface area is 173 Å². The second-order valence-electron chi connectivity index (χ2n) is 7.85. The highest BCUT2D eigenvalue weighted by atomic mass is 35.5. The van der Waals surface area contributed by atoms with Crippen molar-refractivity contribution in [3.63, 3.8) is 0 Å². The van der Waals surface area contributed by atoms with Gasteiger partial charge in [-0.3, -0.25) is 4.90 Å². The van der Waals surface area contributed by atoms with Crippen LogP contribution in [0.4, 0.5) is 4.39 Å². The molecule has 1 atom stereocenters. The van der Waals surface area contributed by atoms with Crippen LogP contribution in [0.5, 0.6) is 0 Å². The number of hydrogen-bond acceptors (Lipinski definition) is 3. The van der Waals surface area contributed by atoms with Crippen LogP contribution in [0.15, 0.2) is 24.3 Å². The number of aromatic nitrogens is 2. The van der Waals surface area contributed by atoms with E-state index in [0.717, 1.165) is 55.4 Å². The number of nitrogens with one attached hydrogen (secondary N) is 1. The molecule has 2 aromatic rings. The summed E-state index contributed by atoms with van der Waals surface area (Å²) in [5.41, 5.74) is 4.51. The molecule has 2 saturated heterocycles. The van der Waals surface area contributed by atoms with Gasteiger partial charge in [0, 0.05) is 25.3 Å². The van der Waals surface area contributed by atoms with Crippen LogP contribution in [0.25, 0.3) is 5.69 Å². The molecule has 2 aliphatic heterocycles. The first-order valence-corrected chi connectivity index (χ1v) is 9.30. The number of rotatable bonds is 3. The Bertz CT molecular complexity index is 771. The first kappa shape index (κ1) is 22.2. The summed E-state index contributed by atoms with van der Waals surface area (Å²) in [6.07, 6.45) is 3.80. The molecule has 0 radical (unpaired) electrons. The molecular weight excluding hydrogens is 386 g/mol. The summed E-state index contributed by atoms with van der Waals surface area (Å²) in [4.78, 5) is 2.50. The normalized spacial score (nSPS) is 22.5. The quantitative estimate of drug-likeness (QED) is 0.821. The van der Waals surface area contributed by atoms with Crippen molar-refractivity contribution in [1.82, 2.24) is 20.0 Å². The van der Waals surface area contributed by atoms with Gasteiger partial charge in [0.05, 0.1) is 11.4 Å². The van der Waals surface area contributed by atoms with E-state index in [1.165, 1.54) is 25.3 Å². The fourth-order valence-corrected chi connectivity index (χ4v) is 4.59. The highest BCUT2D eigenvalue weighted by Gasteiger charge is 2.37. The molecule has 0 aliphatic carbocycles. The summed E-state index contributed by atoms with van der Waals surface area (Å²) in [5.74, 6) is -0.172. The van der Waals surface area contributed by atoms with E-state index in [1.807, 2.05) is 24.6 Å². The number of aryl methyl sites for hydroxylation is 2. The number of nitrogens with zero attached hydrogens (tertiary/aromatic N) is 3. The molecule has 2 fully saturated rings. The van der Waals surface area contributed by atoms with Gasteiger partial charge in [0.25, 0.3) is 0 Å². The molecule has 4 nitrogen and oxygen atoms in total. The van der Waals surface area contributed by atoms with Gasteiger partial charge < -0.3 is 5.32 Å². The van der Waals surface area contributed by atoms with Crippen molar-refractivity contribution in [2.24, 2.45) is 5.41 Å². The molecule has 2 aliphatic rings. The predicted octanol–water partition coefficient (Wildman–Crippen LogP) is 4.05. The van der Waals surface area contributed by atoms with E-state index in [2.05, 4.69) is 21.4 Å². The molecule has 1 aromatic carbocycles. The Hall–Kier alpha value is -1.14. The van der Waals surface area contributed by atoms with Gasteiger partial charge in [0.15, 0.2) is 0 Å².